The van der Waals surface area contributed by atoms with E-state index in [-0.39, 0.29) is 29.7 Å². The van der Waals surface area contributed by atoms with Crippen molar-refractivity contribution in [1.29, 1.82) is 0 Å². The fourth-order valence-electron chi connectivity index (χ4n) is 4.68. The second kappa shape index (κ2) is 8.26. The number of hydrogen-bond donors (Lipinski definition) is 2. The molecule has 3 heterocycles. The summed E-state index contributed by atoms with van der Waals surface area (Å²) >= 11 is 0. The third kappa shape index (κ3) is 4.17. The summed E-state index contributed by atoms with van der Waals surface area (Å²) < 4.78 is 1.84. The van der Waals surface area contributed by atoms with Crippen LogP contribution < -0.4 is 15.5 Å². The molecule has 2 amide bonds. The van der Waals surface area contributed by atoms with E-state index in [1.807, 2.05) is 41.8 Å². The number of aryl methyl sites for hydroxylation is 1. The van der Waals surface area contributed by atoms with Crippen LogP contribution in [0.3, 0.4) is 0 Å². The van der Waals surface area contributed by atoms with E-state index in [1.54, 1.807) is 6.92 Å². The Morgan fingerprint density at radius 1 is 1.09 bits per heavy atom. The van der Waals surface area contributed by atoms with Crippen LogP contribution in [0.2, 0.25) is 0 Å². The monoisotopic (exact) mass is 432 g/mol. The van der Waals surface area contributed by atoms with Crippen molar-refractivity contribution in [3.63, 3.8) is 0 Å². The Hall–Kier alpha value is -3.42. The lowest BCUT2D eigenvalue weighted by Crippen LogP contribution is -2.44. The topological polar surface area (TPSA) is 91.6 Å². The van der Waals surface area contributed by atoms with Gasteiger partial charge in [0, 0.05) is 44.1 Å². The van der Waals surface area contributed by atoms with E-state index in [0.717, 1.165) is 49.5 Å². The summed E-state index contributed by atoms with van der Waals surface area (Å²) in [5.41, 5.74) is 2.81. The van der Waals surface area contributed by atoms with E-state index in [9.17, 15) is 9.59 Å². The second-order valence-electron chi connectivity index (χ2n) is 8.87. The van der Waals surface area contributed by atoms with Crippen LogP contribution in [0.4, 0.5) is 11.6 Å². The number of fused-ring (bicyclic) bond motifs is 1. The Labute approximate surface area is 187 Å². The minimum absolute atomic E-state index is 0.0105. The predicted molar refractivity (Wildman–Crippen MR) is 123 cm³/mol. The fraction of sp³-hybridized carbons (Fsp3) is 0.417. The molecule has 32 heavy (non-hydrogen) atoms. The van der Waals surface area contributed by atoms with Gasteiger partial charge in [-0.05, 0) is 37.7 Å². The molecule has 0 spiro atoms. The zero-order chi connectivity index (χ0) is 22.2. The van der Waals surface area contributed by atoms with Gasteiger partial charge >= 0.3 is 0 Å². The van der Waals surface area contributed by atoms with Gasteiger partial charge < -0.3 is 15.5 Å². The smallest absolute Gasteiger partial charge is 0.229 e. The molecule has 2 unspecified atom stereocenters. The first-order chi connectivity index (χ1) is 15.5. The number of anilines is 2. The highest BCUT2D eigenvalue weighted by Crippen LogP contribution is 2.47. The van der Waals surface area contributed by atoms with Gasteiger partial charge in [0.2, 0.25) is 11.8 Å². The molecule has 0 radical (unpaired) electrons. The molecule has 2 fully saturated rings. The van der Waals surface area contributed by atoms with Crippen LogP contribution in [0.1, 0.15) is 43.4 Å². The Bertz CT molecular complexity index is 1150. The van der Waals surface area contributed by atoms with Crippen LogP contribution in [0, 0.1) is 12.8 Å². The van der Waals surface area contributed by atoms with Gasteiger partial charge in [-0.3, -0.25) is 9.59 Å². The summed E-state index contributed by atoms with van der Waals surface area (Å²) in [5, 5.41) is 10.7. The van der Waals surface area contributed by atoms with E-state index >= 15 is 0 Å². The van der Waals surface area contributed by atoms with Crippen molar-refractivity contribution in [3.8, 4) is 0 Å². The Kier molecular flexibility index (Phi) is 5.28. The standard InChI is InChI=1S/C24H28N6O2/c1-15-12-22-26-21(27-24(32)20-13-19(20)17-6-4-3-5-7-17)14-23(30(22)28-15)29-10-8-18(9-11-29)25-16(2)31/h3-7,12,14,18-20H,8-11,13H2,1-2H3,(H,25,31)(H,26,27,32). The maximum absolute atomic E-state index is 12.9. The van der Waals surface area contributed by atoms with Crippen LogP contribution in [-0.4, -0.2) is 45.5 Å². The third-order valence-electron chi connectivity index (χ3n) is 6.36. The average molecular weight is 433 g/mol. The first-order valence-corrected chi connectivity index (χ1v) is 11.2. The highest BCUT2D eigenvalue weighted by atomic mass is 16.2. The fourth-order valence-corrected chi connectivity index (χ4v) is 4.68. The maximum Gasteiger partial charge on any atom is 0.229 e. The Morgan fingerprint density at radius 2 is 1.84 bits per heavy atom. The van der Waals surface area contributed by atoms with Gasteiger partial charge in [-0.1, -0.05) is 30.3 Å². The highest BCUT2D eigenvalue weighted by molar-refractivity contribution is 5.95. The lowest BCUT2D eigenvalue weighted by molar-refractivity contribution is -0.120. The molecule has 2 atom stereocenters. The van der Waals surface area contributed by atoms with Crippen LogP contribution in [0.15, 0.2) is 42.5 Å². The van der Waals surface area contributed by atoms with Gasteiger partial charge in [0.25, 0.3) is 0 Å². The van der Waals surface area contributed by atoms with Crippen molar-refractivity contribution in [1.82, 2.24) is 19.9 Å². The number of benzene rings is 1. The number of carbonyl (C=O) groups excluding carboxylic acids is 2. The maximum atomic E-state index is 12.9. The number of carbonyl (C=O) groups is 2. The Balaban J connectivity index is 1.34. The minimum atomic E-state index is -0.0149. The molecular weight excluding hydrogens is 404 g/mol. The van der Waals surface area contributed by atoms with Crippen LogP contribution in [-0.2, 0) is 9.59 Å². The van der Waals surface area contributed by atoms with Crippen LogP contribution >= 0.6 is 0 Å². The summed E-state index contributed by atoms with van der Waals surface area (Å²) in [5.74, 6) is 1.76. The summed E-state index contributed by atoms with van der Waals surface area (Å²) in [7, 11) is 0. The van der Waals surface area contributed by atoms with E-state index < -0.39 is 0 Å². The predicted octanol–water partition coefficient (Wildman–Crippen LogP) is 2.88. The molecule has 2 aliphatic rings. The number of nitrogens with one attached hydrogen (secondary N) is 2. The van der Waals surface area contributed by atoms with Crippen LogP contribution in [0.25, 0.3) is 5.65 Å². The molecule has 3 aromatic rings. The molecule has 8 heteroatoms. The van der Waals surface area contributed by atoms with Gasteiger partial charge in [0.15, 0.2) is 5.65 Å². The van der Waals surface area contributed by atoms with Gasteiger partial charge in [0.05, 0.1) is 5.69 Å². The van der Waals surface area contributed by atoms with E-state index in [0.29, 0.717) is 5.82 Å². The number of nitrogens with zero attached hydrogens (tertiary/aromatic N) is 4. The van der Waals surface area contributed by atoms with Crippen LogP contribution in [0.5, 0.6) is 0 Å². The number of rotatable bonds is 5. The molecule has 2 N–H and O–H groups in total. The zero-order valence-corrected chi connectivity index (χ0v) is 18.4. The summed E-state index contributed by atoms with van der Waals surface area (Å²) in [6.45, 7) is 5.10. The molecule has 1 aliphatic heterocycles. The van der Waals surface area contributed by atoms with Crippen molar-refractivity contribution in [2.75, 3.05) is 23.3 Å². The molecule has 0 bridgehead atoms. The largest absolute Gasteiger partial charge is 0.356 e. The molecule has 5 rings (SSSR count). The van der Waals surface area contributed by atoms with Gasteiger partial charge in [-0.2, -0.15) is 9.61 Å². The Morgan fingerprint density at radius 3 is 2.56 bits per heavy atom. The van der Waals surface area contributed by atoms with E-state index in [4.69, 9.17) is 0 Å². The quantitative estimate of drug-likeness (QED) is 0.647. The lowest BCUT2D eigenvalue weighted by Gasteiger charge is -2.33. The molecule has 8 nitrogen and oxygen atoms in total. The number of amides is 2. The van der Waals surface area contributed by atoms with E-state index in [1.165, 1.54) is 5.56 Å². The highest BCUT2D eigenvalue weighted by Gasteiger charge is 2.44. The van der Waals surface area contributed by atoms with Gasteiger partial charge in [0.1, 0.15) is 11.6 Å². The summed E-state index contributed by atoms with van der Waals surface area (Å²) in [6, 6.07) is 14.2. The molecule has 2 aromatic heterocycles. The molecule has 166 valence electrons. The second-order valence-corrected chi connectivity index (χ2v) is 8.87. The lowest BCUT2D eigenvalue weighted by atomic mass is 10.1. The van der Waals surface area contributed by atoms with Crippen molar-refractivity contribution in [2.45, 2.75) is 45.1 Å². The zero-order valence-electron chi connectivity index (χ0n) is 18.4. The third-order valence-corrected chi connectivity index (χ3v) is 6.36. The van der Waals surface area contributed by atoms with Gasteiger partial charge in [-0.15, -0.1) is 0 Å². The van der Waals surface area contributed by atoms with Crippen molar-refractivity contribution >= 4 is 29.1 Å². The number of piperidine rings is 1. The SMILES string of the molecule is CC(=O)NC1CCN(c2cc(NC(=O)C3CC3c3ccccc3)nc3cc(C)nn23)CC1. The van der Waals surface area contributed by atoms with Crippen molar-refractivity contribution in [3.05, 3.63) is 53.7 Å². The molecule has 1 saturated heterocycles. The van der Waals surface area contributed by atoms with Crippen molar-refractivity contribution < 1.29 is 9.59 Å². The first-order valence-electron chi connectivity index (χ1n) is 11.2. The normalized spacial score (nSPS) is 20.9. The minimum Gasteiger partial charge on any atom is -0.356 e. The molecule has 1 aliphatic carbocycles. The summed E-state index contributed by atoms with van der Waals surface area (Å²) in [6.07, 6.45) is 2.60. The van der Waals surface area contributed by atoms with E-state index in [2.05, 4.69) is 37.7 Å². The molecular formula is C24H28N6O2. The molecule has 1 aromatic carbocycles. The summed E-state index contributed by atoms with van der Waals surface area (Å²) in [4.78, 5) is 31.2. The number of hydrogen-bond acceptors (Lipinski definition) is 5. The van der Waals surface area contributed by atoms with Gasteiger partial charge in [-0.25, -0.2) is 4.98 Å². The average Bonchev–Trinajstić information content (AvgIpc) is 3.49. The van der Waals surface area contributed by atoms with Crippen molar-refractivity contribution in [2.24, 2.45) is 5.92 Å². The number of aromatic nitrogens is 3. The first kappa shape index (κ1) is 20.5. The molecule has 1 saturated carbocycles.